The third-order valence-corrected chi connectivity index (χ3v) is 6.61. The number of carbonyl (C=O) groups is 3. The molecule has 3 aliphatic heterocycles. The van der Waals surface area contributed by atoms with Crippen LogP contribution in [0, 0.1) is 6.92 Å². The Balaban J connectivity index is 1.58. The smallest absolute Gasteiger partial charge is 0.242 e. The van der Waals surface area contributed by atoms with Gasteiger partial charge in [-0.15, -0.1) is 0 Å². The molecular formula is C22H31N5O3. The average molecular weight is 414 g/mol. The summed E-state index contributed by atoms with van der Waals surface area (Å²) in [5, 5.41) is 0. The van der Waals surface area contributed by atoms with E-state index in [2.05, 4.69) is 0 Å². The van der Waals surface area contributed by atoms with Crippen molar-refractivity contribution < 1.29 is 14.4 Å². The molecule has 1 unspecified atom stereocenters. The van der Waals surface area contributed by atoms with Gasteiger partial charge in [-0.05, 0) is 45.4 Å². The van der Waals surface area contributed by atoms with Crippen LogP contribution in [0.2, 0.25) is 0 Å². The van der Waals surface area contributed by atoms with E-state index >= 15 is 0 Å². The Morgan fingerprint density at radius 2 is 1.77 bits per heavy atom. The van der Waals surface area contributed by atoms with E-state index < -0.39 is 0 Å². The van der Waals surface area contributed by atoms with Crippen LogP contribution in [0.4, 0.5) is 5.82 Å². The number of rotatable bonds is 3. The monoisotopic (exact) mass is 413 g/mol. The summed E-state index contributed by atoms with van der Waals surface area (Å²) in [5.74, 6) is 1.40. The van der Waals surface area contributed by atoms with Crippen LogP contribution in [0.3, 0.4) is 0 Å². The van der Waals surface area contributed by atoms with Crippen molar-refractivity contribution in [1.82, 2.24) is 19.8 Å². The normalized spacial score (nSPS) is 22.7. The van der Waals surface area contributed by atoms with Gasteiger partial charge in [0.05, 0.1) is 12.6 Å². The fraction of sp³-hybridized carbons (Fsp3) is 0.682. The van der Waals surface area contributed by atoms with Crippen molar-refractivity contribution in [2.24, 2.45) is 0 Å². The highest BCUT2D eigenvalue weighted by molar-refractivity contribution is 5.94. The molecule has 0 saturated carbocycles. The molecule has 0 radical (unpaired) electrons. The van der Waals surface area contributed by atoms with Gasteiger partial charge in [0.2, 0.25) is 17.7 Å². The predicted molar refractivity (Wildman–Crippen MR) is 112 cm³/mol. The molecule has 1 aromatic rings. The minimum absolute atomic E-state index is 0.0293. The van der Waals surface area contributed by atoms with E-state index in [9.17, 15) is 14.4 Å². The maximum Gasteiger partial charge on any atom is 0.242 e. The van der Waals surface area contributed by atoms with Crippen LogP contribution in [-0.2, 0) is 20.8 Å². The molecule has 0 aromatic carbocycles. The largest absolute Gasteiger partial charge is 0.333 e. The Morgan fingerprint density at radius 1 is 0.967 bits per heavy atom. The molecule has 0 spiro atoms. The Labute approximate surface area is 177 Å². The van der Waals surface area contributed by atoms with Gasteiger partial charge in [0, 0.05) is 44.2 Å². The Bertz CT molecular complexity index is 855. The lowest BCUT2D eigenvalue weighted by molar-refractivity contribution is -0.142. The molecule has 162 valence electrons. The van der Waals surface area contributed by atoms with Crippen LogP contribution in [0.15, 0.2) is 0 Å². The van der Waals surface area contributed by atoms with Crippen LogP contribution in [0.25, 0.3) is 0 Å². The zero-order chi connectivity index (χ0) is 21.3. The molecule has 8 heteroatoms. The number of piperidine rings is 1. The molecule has 3 aliphatic rings. The van der Waals surface area contributed by atoms with Crippen LogP contribution in [-0.4, -0.2) is 64.2 Å². The Morgan fingerprint density at radius 3 is 2.60 bits per heavy atom. The summed E-state index contributed by atoms with van der Waals surface area (Å²) < 4.78 is 0. The van der Waals surface area contributed by atoms with E-state index in [0.29, 0.717) is 44.0 Å². The van der Waals surface area contributed by atoms with Gasteiger partial charge in [0.1, 0.15) is 5.82 Å². The summed E-state index contributed by atoms with van der Waals surface area (Å²) >= 11 is 0. The van der Waals surface area contributed by atoms with Gasteiger partial charge in [0.15, 0.2) is 5.82 Å². The molecule has 30 heavy (non-hydrogen) atoms. The van der Waals surface area contributed by atoms with Crippen molar-refractivity contribution in [1.29, 1.82) is 0 Å². The second kappa shape index (κ2) is 8.70. The summed E-state index contributed by atoms with van der Waals surface area (Å²) in [6.45, 7) is 3.40. The summed E-state index contributed by atoms with van der Waals surface area (Å²) in [5.41, 5.74) is 1.90. The zero-order valence-electron chi connectivity index (χ0n) is 18.0. The number of amides is 3. The maximum atomic E-state index is 13.2. The molecule has 1 atom stereocenters. The molecule has 0 N–H and O–H groups in total. The number of likely N-dealkylation sites (tertiary alicyclic amines) is 2. The van der Waals surface area contributed by atoms with Gasteiger partial charge in [0.25, 0.3) is 0 Å². The highest BCUT2D eigenvalue weighted by Crippen LogP contribution is 2.33. The Hall–Kier alpha value is -2.51. The van der Waals surface area contributed by atoms with Crippen molar-refractivity contribution in [2.45, 2.75) is 70.8 Å². The van der Waals surface area contributed by atoms with Crippen LogP contribution in [0.1, 0.15) is 74.5 Å². The van der Waals surface area contributed by atoms with Crippen molar-refractivity contribution in [3.8, 4) is 0 Å². The highest BCUT2D eigenvalue weighted by atomic mass is 16.2. The van der Waals surface area contributed by atoms with Gasteiger partial charge in [-0.25, -0.2) is 9.97 Å². The number of hydrogen-bond acceptors (Lipinski definition) is 5. The van der Waals surface area contributed by atoms with Gasteiger partial charge in [-0.1, -0.05) is 6.42 Å². The van der Waals surface area contributed by atoms with E-state index in [1.165, 1.54) is 0 Å². The molecule has 2 fully saturated rings. The predicted octanol–water partition coefficient (Wildman–Crippen LogP) is 2.15. The summed E-state index contributed by atoms with van der Waals surface area (Å²) in [6.07, 6.45) is 7.32. The summed E-state index contributed by atoms with van der Waals surface area (Å²) in [7, 11) is 1.76. The molecule has 2 saturated heterocycles. The SMILES string of the molecule is Cc1nc(C2CCCCN2C(=O)CN2CCCCCC2=O)nc2c1CCC(=O)N2C. The number of hydrogen-bond donors (Lipinski definition) is 0. The fourth-order valence-corrected chi connectivity index (χ4v) is 4.80. The van der Waals surface area contributed by atoms with E-state index in [0.717, 1.165) is 49.8 Å². The lowest BCUT2D eigenvalue weighted by Crippen LogP contribution is -2.46. The van der Waals surface area contributed by atoms with Crippen LogP contribution in [0.5, 0.6) is 0 Å². The second-order valence-corrected chi connectivity index (χ2v) is 8.65. The minimum Gasteiger partial charge on any atom is -0.333 e. The first kappa shape index (κ1) is 20.8. The number of aryl methyl sites for hydroxylation is 1. The summed E-state index contributed by atoms with van der Waals surface area (Å²) in [4.78, 5) is 52.4. The molecule has 4 rings (SSSR count). The number of fused-ring (bicyclic) bond motifs is 1. The molecule has 8 nitrogen and oxygen atoms in total. The quantitative estimate of drug-likeness (QED) is 0.758. The third kappa shape index (κ3) is 4.04. The second-order valence-electron chi connectivity index (χ2n) is 8.65. The topological polar surface area (TPSA) is 86.7 Å². The van der Waals surface area contributed by atoms with E-state index in [4.69, 9.17) is 9.97 Å². The first-order valence-electron chi connectivity index (χ1n) is 11.2. The number of anilines is 1. The number of carbonyl (C=O) groups excluding carboxylic acids is 3. The first-order chi connectivity index (χ1) is 14.5. The number of aromatic nitrogens is 2. The van der Waals surface area contributed by atoms with E-state index in [1.807, 2.05) is 11.8 Å². The minimum atomic E-state index is -0.206. The van der Waals surface area contributed by atoms with Crippen molar-refractivity contribution in [2.75, 3.05) is 31.6 Å². The number of nitrogens with zero attached hydrogens (tertiary/aromatic N) is 5. The first-order valence-corrected chi connectivity index (χ1v) is 11.2. The average Bonchev–Trinajstić information content (AvgIpc) is 2.95. The lowest BCUT2D eigenvalue weighted by atomic mass is 9.99. The van der Waals surface area contributed by atoms with E-state index in [-0.39, 0.29) is 30.3 Å². The molecule has 1 aromatic heterocycles. The molecular weight excluding hydrogens is 382 g/mol. The lowest BCUT2D eigenvalue weighted by Gasteiger charge is -2.37. The molecule has 4 heterocycles. The van der Waals surface area contributed by atoms with Crippen molar-refractivity contribution >= 4 is 23.5 Å². The van der Waals surface area contributed by atoms with Crippen molar-refractivity contribution in [3.63, 3.8) is 0 Å². The molecule has 3 amide bonds. The van der Waals surface area contributed by atoms with Crippen molar-refractivity contribution in [3.05, 3.63) is 17.1 Å². The van der Waals surface area contributed by atoms with Gasteiger partial charge < -0.3 is 9.80 Å². The van der Waals surface area contributed by atoms with Crippen LogP contribution >= 0.6 is 0 Å². The maximum absolute atomic E-state index is 13.2. The van der Waals surface area contributed by atoms with Crippen LogP contribution < -0.4 is 4.90 Å². The van der Waals surface area contributed by atoms with E-state index in [1.54, 1.807) is 16.8 Å². The zero-order valence-corrected chi connectivity index (χ0v) is 18.0. The highest BCUT2D eigenvalue weighted by Gasteiger charge is 2.34. The Kier molecular flexibility index (Phi) is 6.01. The van der Waals surface area contributed by atoms with Gasteiger partial charge in [-0.3, -0.25) is 19.3 Å². The van der Waals surface area contributed by atoms with Gasteiger partial charge >= 0.3 is 0 Å². The third-order valence-electron chi connectivity index (χ3n) is 6.61. The fourth-order valence-electron chi connectivity index (χ4n) is 4.80. The van der Waals surface area contributed by atoms with Gasteiger partial charge in [-0.2, -0.15) is 0 Å². The molecule has 0 bridgehead atoms. The standard InChI is InChI=1S/C22H31N5O3/c1-15-16-10-11-18(28)25(2)22(16)24-21(23-15)17-8-5-7-13-27(17)20(30)14-26-12-6-3-4-9-19(26)29/h17H,3-14H2,1-2H3. The summed E-state index contributed by atoms with van der Waals surface area (Å²) in [6, 6.07) is -0.206. The molecule has 0 aliphatic carbocycles.